The van der Waals surface area contributed by atoms with Crippen molar-refractivity contribution >= 4 is 10.1 Å². The molecule has 0 fully saturated rings. The van der Waals surface area contributed by atoms with Gasteiger partial charge in [0, 0.05) is 0 Å². The van der Waals surface area contributed by atoms with E-state index in [4.69, 9.17) is 0 Å². The predicted octanol–water partition coefficient (Wildman–Crippen LogP) is 2.16. The molecule has 0 aliphatic heterocycles. The molecule has 25 heavy (non-hydrogen) atoms. The van der Waals surface area contributed by atoms with Gasteiger partial charge >= 0.3 is 29.6 Å². The van der Waals surface area contributed by atoms with Gasteiger partial charge in [-0.15, -0.1) is 0 Å². The predicted molar refractivity (Wildman–Crippen MR) is 100 cm³/mol. The third-order valence-corrected chi connectivity index (χ3v) is 6.08. The number of hydrogen-bond donors (Lipinski definition) is 1. The van der Waals surface area contributed by atoms with Crippen molar-refractivity contribution in [3.05, 3.63) is 0 Å². The van der Waals surface area contributed by atoms with Crippen molar-refractivity contribution in [3.8, 4) is 0 Å². The van der Waals surface area contributed by atoms with Gasteiger partial charge in [0.1, 0.15) is 0 Å². The third kappa shape index (κ3) is 18.0. The van der Waals surface area contributed by atoms with E-state index in [2.05, 4.69) is 6.92 Å². The van der Waals surface area contributed by atoms with Gasteiger partial charge in [-0.2, -0.15) is 0 Å². The summed E-state index contributed by atoms with van der Waals surface area (Å²) in [6, 6.07) is 0. The van der Waals surface area contributed by atoms with Crippen LogP contribution in [-0.2, 0) is 10.1 Å². The fourth-order valence-corrected chi connectivity index (χ4v) is 3.50. The Morgan fingerprint density at radius 2 is 1.08 bits per heavy atom. The maximum Gasteiger partial charge on any atom is 1.00 e. The number of aliphatic hydroxyl groups is 1. The SMILES string of the molecule is CCCCCCCCCCCCCCCCC(O)C(C)S(=O)(=O)[O-].[Na+]. The first-order valence-corrected chi connectivity index (χ1v) is 11.5. The van der Waals surface area contributed by atoms with Crippen molar-refractivity contribution in [2.75, 3.05) is 0 Å². The van der Waals surface area contributed by atoms with Crippen molar-refractivity contribution in [3.63, 3.8) is 0 Å². The second kappa shape index (κ2) is 18.2. The molecule has 2 atom stereocenters. The van der Waals surface area contributed by atoms with Gasteiger partial charge in [-0.25, -0.2) is 8.42 Å². The van der Waals surface area contributed by atoms with Crippen molar-refractivity contribution in [1.29, 1.82) is 0 Å². The first-order chi connectivity index (χ1) is 11.4. The molecule has 0 aromatic carbocycles. The largest absolute Gasteiger partial charge is 1.00 e. The second-order valence-electron chi connectivity index (χ2n) is 7.15. The minimum Gasteiger partial charge on any atom is -0.748 e. The van der Waals surface area contributed by atoms with Gasteiger partial charge in [-0.05, 0) is 13.3 Å². The summed E-state index contributed by atoms with van der Waals surface area (Å²) in [7, 11) is -4.37. The topological polar surface area (TPSA) is 77.4 Å². The van der Waals surface area contributed by atoms with E-state index in [1.807, 2.05) is 0 Å². The second-order valence-corrected chi connectivity index (χ2v) is 8.88. The van der Waals surface area contributed by atoms with Crippen LogP contribution in [0.2, 0.25) is 0 Å². The van der Waals surface area contributed by atoms with E-state index in [1.165, 1.54) is 77.6 Å². The number of aliphatic hydroxyl groups excluding tert-OH is 1. The summed E-state index contributed by atoms with van der Waals surface area (Å²) in [6.45, 7) is 3.54. The molecule has 0 rings (SSSR count). The van der Waals surface area contributed by atoms with Gasteiger partial charge in [0.2, 0.25) is 0 Å². The fraction of sp³-hybridized carbons (Fsp3) is 1.00. The molecule has 0 aliphatic carbocycles. The van der Waals surface area contributed by atoms with Crippen LogP contribution >= 0.6 is 0 Å². The van der Waals surface area contributed by atoms with Gasteiger partial charge in [-0.1, -0.05) is 96.8 Å². The van der Waals surface area contributed by atoms with Gasteiger partial charge in [0.05, 0.1) is 21.5 Å². The summed E-state index contributed by atoms with van der Waals surface area (Å²) in [5.74, 6) is 0. The van der Waals surface area contributed by atoms with Gasteiger partial charge in [0.25, 0.3) is 0 Å². The Morgan fingerprint density at radius 1 is 0.760 bits per heavy atom. The van der Waals surface area contributed by atoms with Crippen molar-refractivity contribution in [2.24, 2.45) is 0 Å². The fourth-order valence-electron chi connectivity index (χ4n) is 2.98. The Hall–Kier alpha value is 0.870. The van der Waals surface area contributed by atoms with E-state index in [0.29, 0.717) is 6.42 Å². The molecule has 0 aliphatic rings. The molecule has 4 nitrogen and oxygen atoms in total. The number of rotatable bonds is 17. The smallest absolute Gasteiger partial charge is 0.748 e. The monoisotopic (exact) mass is 386 g/mol. The number of unbranched alkanes of at least 4 members (excludes halogenated alkanes) is 13. The van der Waals surface area contributed by atoms with Crippen LogP contribution in [0.5, 0.6) is 0 Å². The summed E-state index contributed by atoms with van der Waals surface area (Å²) in [5, 5.41) is 8.47. The van der Waals surface area contributed by atoms with Crippen molar-refractivity contribution in [1.82, 2.24) is 0 Å². The summed E-state index contributed by atoms with van der Waals surface area (Å²) in [6.07, 6.45) is 17.0. The molecule has 0 aromatic rings. The first kappa shape index (κ1) is 28.1. The molecule has 0 heterocycles. The standard InChI is InChI=1S/C19H40O4S.Na/c1-3-4-5-6-7-8-9-10-11-12-13-14-15-16-17-19(20)18(2)24(21,22)23;/h18-20H,3-17H2,1-2H3,(H,21,22,23);/q;+1/p-1. The van der Waals surface area contributed by atoms with Gasteiger partial charge in [-0.3, -0.25) is 0 Å². The minimum atomic E-state index is -4.37. The van der Waals surface area contributed by atoms with Gasteiger partial charge < -0.3 is 9.66 Å². The number of hydrogen-bond acceptors (Lipinski definition) is 4. The van der Waals surface area contributed by atoms with Crippen LogP contribution in [-0.4, -0.2) is 29.4 Å². The normalized spacial score (nSPS) is 14.1. The molecule has 2 unspecified atom stereocenters. The maximum absolute atomic E-state index is 10.8. The summed E-state index contributed by atoms with van der Waals surface area (Å²) in [5.41, 5.74) is 0. The molecule has 0 amide bonds. The molecular formula is C19H39NaO4S. The molecule has 1 N–H and O–H groups in total. The molecule has 0 saturated carbocycles. The zero-order valence-corrected chi connectivity index (χ0v) is 19.7. The quantitative estimate of drug-likeness (QED) is 0.236. The molecule has 146 valence electrons. The van der Waals surface area contributed by atoms with Crippen LogP contribution in [0.1, 0.15) is 110 Å². The van der Waals surface area contributed by atoms with Crippen LogP contribution in [0.25, 0.3) is 0 Å². The molecule has 0 bridgehead atoms. The van der Waals surface area contributed by atoms with Crippen LogP contribution in [0.15, 0.2) is 0 Å². The molecule has 0 spiro atoms. The molecule has 0 saturated heterocycles. The van der Waals surface area contributed by atoms with E-state index in [9.17, 15) is 18.1 Å². The van der Waals surface area contributed by atoms with Crippen LogP contribution in [0.3, 0.4) is 0 Å². The van der Waals surface area contributed by atoms with Crippen LogP contribution < -0.4 is 29.6 Å². The zero-order valence-electron chi connectivity index (χ0n) is 16.8. The third-order valence-electron chi connectivity index (χ3n) is 4.85. The van der Waals surface area contributed by atoms with Crippen LogP contribution in [0.4, 0.5) is 0 Å². The zero-order chi connectivity index (χ0) is 18.3. The average molecular weight is 387 g/mol. The average Bonchev–Trinajstić information content (AvgIpc) is 2.53. The summed E-state index contributed by atoms with van der Waals surface area (Å²) >= 11 is 0. The van der Waals surface area contributed by atoms with E-state index in [-0.39, 0.29) is 29.6 Å². The molecule has 0 radical (unpaired) electrons. The molecule has 0 aromatic heterocycles. The van der Waals surface area contributed by atoms with Crippen LogP contribution in [0, 0.1) is 0 Å². The van der Waals surface area contributed by atoms with Gasteiger partial charge in [0.15, 0.2) is 0 Å². The minimum absolute atomic E-state index is 0. The van der Waals surface area contributed by atoms with E-state index in [1.54, 1.807) is 0 Å². The Labute approximate surface area is 178 Å². The first-order valence-electron chi connectivity index (χ1n) is 10.0. The Morgan fingerprint density at radius 3 is 1.40 bits per heavy atom. The summed E-state index contributed by atoms with van der Waals surface area (Å²) < 4.78 is 32.4. The summed E-state index contributed by atoms with van der Waals surface area (Å²) in [4.78, 5) is 0. The Kier molecular flexibility index (Phi) is 20.5. The van der Waals surface area contributed by atoms with Crippen molar-refractivity contribution < 1.29 is 47.6 Å². The Balaban J connectivity index is 0. The maximum atomic E-state index is 10.8. The van der Waals surface area contributed by atoms with E-state index in [0.717, 1.165) is 19.3 Å². The molecular weight excluding hydrogens is 347 g/mol. The van der Waals surface area contributed by atoms with Crippen molar-refractivity contribution in [2.45, 2.75) is 122 Å². The molecule has 6 heteroatoms. The van der Waals surface area contributed by atoms with E-state index >= 15 is 0 Å². The Bertz CT molecular complexity index is 374. The van der Waals surface area contributed by atoms with E-state index < -0.39 is 21.5 Å².